The highest BCUT2D eigenvalue weighted by molar-refractivity contribution is 5.39. The molecule has 1 atom stereocenters. The number of hydrogen-bond acceptors (Lipinski definition) is 3. The molecular weight excluding hydrogens is 210 g/mol. The van der Waals surface area contributed by atoms with E-state index in [9.17, 15) is 0 Å². The van der Waals surface area contributed by atoms with Gasteiger partial charge in [0.1, 0.15) is 5.82 Å². The lowest BCUT2D eigenvalue weighted by Crippen LogP contribution is -2.29. The minimum atomic E-state index is 0.548. The van der Waals surface area contributed by atoms with Crippen LogP contribution in [0.2, 0.25) is 0 Å². The predicted molar refractivity (Wildman–Crippen MR) is 74.4 cm³/mol. The second kappa shape index (κ2) is 7.28. The molecule has 1 aromatic heterocycles. The summed E-state index contributed by atoms with van der Waals surface area (Å²) in [6, 6.07) is 4.81. The Morgan fingerprint density at radius 2 is 2.12 bits per heavy atom. The minimum absolute atomic E-state index is 0.548. The molecule has 0 aliphatic heterocycles. The van der Waals surface area contributed by atoms with E-state index in [1.807, 2.05) is 6.20 Å². The molecule has 0 aromatic carbocycles. The summed E-state index contributed by atoms with van der Waals surface area (Å²) < 4.78 is 0. The fraction of sp³-hybridized carbons (Fsp3) is 0.643. The SMILES string of the molecule is CCCC(C)N(C)c1ccc(CNCC)cn1. The van der Waals surface area contributed by atoms with Gasteiger partial charge in [-0.05, 0) is 31.5 Å². The lowest BCUT2D eigenvalue weighted by Gasteiger charge is -2.25. The highest BCUT2D eigenvalue weighted by Gasteiger charge is 2.09. The molecule has 96 valence electrons. The van der Waals surface area contributed by atoms with E-state index in [4.69, 9.17) is 0 Å². The van der Waals surface area contributed by atoms with Gasteiger partial charge < -0.3 is 10.2 Å². The molecule has 0 saturated carbocycles. The van der Waals surface area contributed by atoms with Gasteiger partial charge >= 0.3 is 0 Å². The Kier molecular flexibility index (Phi) is 5.98. The van der Waals surface area contributed by atoms with Crippen molar-refractivity contribution in [2.24, 2.45) is 0 Å². The van der Waals surface area contributed by atoms with Crippen LogP contribution in [0.15, 0.2) is 18.3 Å². The van der Waals surface area contributed by atoms with E-state index < -0.39 is 0 Å². The Hall–Kier alpha value is -1.09. The third kappa shape index (κ3) is 4.35. The maximum absolute atomic E-state index is 4.52. The van der Waals surface area contributed by atoms with Gasteiger partial charge in [-0.15, -0.1) is 0 Å². The average molecular weight is 235 g/mol. The van der Waals surface area contributed by atoms with Crippen molar-refractivity contribution in [3.63, 3.8) is 0 Å². The number of anilines is 1. The van der Waals surface area contributed by atoms with E-state index in [1.165, 1.54) is 18.4 Å². The van der Waals surface area contributed by atoms with Crippen LogP contribution >= 0.6 is 0 Å². The Balaban J connectivity index is 2.60. The summed E-state index contributed by atoms with van der Waals surface area (Å²) in [5, 5.41) is 3.30. The number of nitrogens with one attached hydrogen (secondary N) is 1. The molecule has 0 fully saturated rings. The monoisotopic (exact) mass is 235 g/mol. The van der Waals surface area contributed by atoms with Crippen molar-refractivity contribution in [2.45, 2.75) is 46.2 Å². The van der Waals surface area contributed by atoms with Gasteiger partial charge in [0.2, 0.25) is 0 Å². The van der Waals surface area contributed by atoms with Gasteiger partial charge in [-0.2, -0.15) is 0 Å². The van der Waals surface area contributed by atoms with Gasteiger partial charge in [0.05, 0.1) is 0 Å². The van der Waals surface area contributed by atoms with Crippen LogP contribution in [0, 0.1) is 0 Å². The molecule has 17 heavy (non-hydrogen) atoms. The lowest BCUT2D eigenvalue weighted by atomic mass is 10.1. The molecule has 3 heteroatoms. The zero-order valence-electron chi connectivity index (χ0n) is 11.5. The third-order valence-corrected chi connectivity index (χ3v) is 3.12. The summed E-state index contributed by atoms with van der Waals surface area (Å²) in [7, 11) is 2.12. The van der Waals surface area contributed by atoms with Crippen molar-refractivity contribution < 1.29 is 0 Å². The van der Waals surface area contributed by atoms with Crippen LogP contribution in [0.3, 0.4) is 0 Å². The van der Waals surface area contributed by atoms with Gasteiger partial charge in [-0.3, -0.25) is 0 Å². The lowest BCUT2D eigenvalue weighted by molar-refractivity contribution is 0.611. The maximum Gasteiger partial charge on any atom is 0.128 e. The molecule has 1 aromatic rings. The number of aromatic nitrogens is 1. The van der Waals surface area contributed by atoms with Crippen molar-refractivity contribution in [1.29, 1.82) is 0 Å². The van der Waals surface area contributed by atoms with Crippen molar-refractivity contribution in [1.82, 2.24) is 10.3 Å². The molecule has 0 amide bonds. The Morgan fingerprint density at radius 3 is 2.65 bits per heavy atom. The van der Waals surface area contributed by atoms with E-state index in [0.717, 1.165) is 18.9 Å². The van der Waals surface area contributed by atoms with Gasteiger partial charge in [0.25, 0.3) is 0 Å². The molecule has 1 N–H and O–H groups in total. The second-order valence-electron chi connectivity index (χ2n) is 4.55. The number of rotatable bonds is 7. The Bertz CT molecular complexity index is 308. The molecule has 0 spiro atoms. The molecule has 1 unspecified atom stereocenters. The van der Waals surface area contributed by atoms with Gasteiger partial charge in [-0.1, -0.05) is 26.3 Å². The molecular formula is C14H25N3. The number of pyridine rings is 1. The second-order valence-corrected chi connectivity index (χ2v) is 4.55. The quantitative estimate of drug-likeness (QED) is 0.787. The van der Waals surface area contributed by atoms with Crippen molar-refractivity contribution >= 4 is 5.82 Å². The van der Waals surface area contributed by atoms with E-state index >= 15 is 0 Å². The average Bonchev–Trinajstić information content (AvgIpc) is 2.36. The Labute approximate surface area is 105 Å². The van der Waals surface area contributed by atoms with Crippen LogP contribution < -0.4 is 10.2 Å². The normalized spacial score (nSPS) is 12.5. The topological polar surface area (TPSA) is 28.2 Å². The van der Waals surface area contributed by atoms with E-state index in [1.54, 1.807) is 0 Å². The molecule has 0 aliphatic rings. The highest BCUT2D eigenvalue weighted by atomic mass is 15.2. The van der Waals surface area contributed by atoms with Crippen molar-refractivity contribution in [2.75, 3.05) is 18.5 Å². The molecule has 0 bridgehead atoms. The summed E-state index contributed by atoms with van der Waals surface area (Å²) in [5.74, 6) is 1.06. The minimum Gasteiger partial charge on any atom is -0.357 e. The maximum atomic E-state index is 4.52. The summed E-state index contributed by atoms with van der Waals surface area (Å²) in [5.41, 5.74) is 1.24. The highest BCUT2D eigenvalue weighted by Crippen LogP contribution is 2.15. The zero-order chi connectivity index (χ0) is 12.7. The fourth-order valence-corrected chi connectivity index (χ4v) is 1.84. The van der Waals surface area contributed by atoms with Crippen molar-refractivity contribution in [3.8, 4) is 0 Å². The van der Waals surface area contributed by atoms with Crippen LogP contribution in [0.1, 0.15) is 39.2 Å². The number of hydrogen-bond donors (Lipinski definition) is 1. The molecule has 0 aliphatic carbocycles. The number of nitrogens with zero attached hydrogens (tertiary/aromatic N) is 2. The molecule has 3 nitrogen and oxygen atoms in total. The third-order valence-electron chi connectivity index (χ3n) is 3.12. The first-order chi connectivity index (χ1) is 8.19. The molecule has 0 radical (unpaired) electrons. The van der Waals surface area contributed by atoms with E-state index in [-0.39, 0.29) is 0 Å². The van der Waals surface area contributed by atoms with E-state index in [0.29, 0.717) is 6.04 Å². The van der Waals surface area contributed by atoms with Crippen LogP contribution in [0.25, 0.3) is 0 Å². The predicted octanol–water partition coefficient (Wildman–Crippen LogP) is 2.82. The molecule has 1 heterocycles. The standard InChI is InChI=1S/C14H25N3/c1-5-7-12(3)17(4)14-9-8-13(11-16-14)10-15-6-2/h8-9,11-12,15H,5-7,10H2,1-4H3. The van der Waals surface area contributed by atoms with Gasteiger partial charge in [0, 0.05) is 25.8 Å². The Morgan fingerprint density at radius 1 is 1.35 bits per heavy atom. The van der Waals surface area contributed by atoms with Gasteiger partial charge in [0.15, 0.2) is 0 Å². The smallest absolute Gasteiger partial charge is 0.128 e. The van der Waals surface area contributed by atoms with E-state index in [2.05, 4.69) is 55.2 Å². The summed E-state index contributed by atoms with van der Waals surface area (Å²) in [6.07, 6.45) is 4.38. The summed E-state index contributed by atoms with van der Waals surface area (Å²) in [6.45, 7) is 8.48. The molecule has 0 saturated heterocycles. The van der Waals surface area contributed by atoms with Crippen LogP contribution in [0.5, 0.6) is 0 Å². The zero-order valence-corrected chi connectivity index (χ0v) is 11.5. The largest absolute Gasteiger partial charge is 0.357 e. The van der Waals surface area contributed by atoms with Crippen molar-refractivity contribution in [3.05, 3.63) is 23.9 Å². The summed E-state index contributed by atoms with van der Waals surface area (Å²) >= 11 is 0. The van der Waals surface area contributed by atoms with Gasteiger partial charge in [-0.25, -0.2) is 4.98 Å². The first kappa shape index (κ1) is 14.0. The first-order valence-electron chi connectivity index (χ1n) is 6.57. The van der Waals surface area contributed by atoms with Crippen LogP contribution in [0.4, 0.5) is 5.82 Å². The summed E-state index contributed by atoms with van der Waals surface area (Å²) in [4.78, 5) is 6.77. The van der Waals surface area contributed by atoms with Crippen LogP contribution in [-0.2, 0) is 6.54 Å². The fourth-order valence-electron chi connectivity index (χ4n) is 1.84. The van der Waals surface area contributed by atoms with Crippen LogP contribution in [-0.4, -0.2) is 24.6 Å². The molecule has 1 rings (SSSR count). The first-order valence-corrected chi connectivity index (χ1v) is 6.57.